The maximum absolute atomic E-state index is 12.1. The predicted octanol–water partition coefficient (Wildman–Crippen LogP) is 1.19. The lowest BCUT2D eigenvalue weighted by atomic mass is 9.77. The minimum atomic E-state index is 0.0909. The molecule has 1 aromatic carbocycles. The van der Waals surface area contributed by atoms with Gasteiger partial charge in [0.2, 0.25) is 5.91 Å². The van der Waals surface area contributed by atoms with E-state index in [1.54, 1.807) is 0 Å². The highest BCUT2D eigenvalue weighted by atomic mass is 16.2. The number of carbonyl (C=O) groups is 1. The van der Waals surface area contributed by atoms with E-state index < -0.39 is 0 Å². The van der Waals surface area contributed by atoms with Crippen LogP contribution in [0.2, 0.25) is 0 Å². The smallest absolute Gasteiger partial charge is 0.228 e. The molecule has 3 nitrogen and oxygen atoms in total. The zero-order chi connectivity index (χ0) is 11.7. The average molecular weight is 230 g/mol. The largest absolute Gasteiger partial charge is 0.352 e. The molecule has 2 atom stereocenters. The first-order chi connectivity index (χ1) is 8.34. The summed E-state index contributed by atoms with van der Waals surface area (Å²) >= 11 is 0. The van der Waals surface area contributed by atoms with Gasteiger partial charge < -0.3 is 10.6 Å². The van der Waals surface area contributed by atoms with Crippen LogP contribution in [0.15, 0.2) is 24.3 Å². The number of hydrogen-bond acceptors (Lipinski definition) is 2. The van der Waals surface area contributed by atoms with Crippen LogP contribution in [0.4, 0.5) is 0 Å². The van der Waals surface area contributed by atoms with Gasteiger partial charge in [-0.25, -0.2) is 0 Å². The van der Waals surface area contributed by atoms with Crippen LogP contribution in [-0.4, -0.2) is 25.0 Å². The van der Waals surface area contributed by atoms with Crippen molar-refractivity contribution in [3.8, 4) is 0 Å². The molecule has 1 aliphatic carbocycles. The molecule has 2 unspecified atom stereocenters. The Morgan fingerprint density at radius 1 is 1.35 bits per heavy atom. The van der Waals surface area contributed by atoms with Crippen molar-refractivity contribution in [3.05, 3.63) is 35.4 Å². The Morgan fingerprint density at radius 2 is 2.24 bits per heavy atom. The standard InChI is InChI=1S/C14H18N2O/c17-14(16-11-5-3-7-15-9-11)13-8-10-4-1-2-6-12(10)13/h1-2,4,6,11,13,15H,3,5,7-9H2,(H,16,17). The number of rotatable bonds is 2. The third-order valence-electron chi connectivity index (χ3n) is 3.81. The van der Waals surface area contributed by atoms with Crippen molar-refractivity contribution >= 4 is 5.91 Å². The molecule has 0 bridgehead atoms. The number of fused-ring (bicyclic) bond motifs is 1. The van der Waals surface area contributed by atoms with E-state index in [1.807, 2.05) is 12.1 Å². The van der Waals surface area contributed by atoms with Gasteiger partial charge in [0.05, 0.1) is 5.92 Å². The molecule has 1 amide bonds. The Labute approximate surface area is 102 Å². The van der Waals surface area contributed by atoms with Crippen LogP contribution in [0.25, 0.3) is 0 Å². The third kappa shape index (κ3) is 2.07. The van der Waals surface area contributed by atoms with Gasteiger partial charge in [0.1, 0.15) is 0 Å². The molecule has 1 fully saturated rings. The third-order valence-corrected chi connectivity index (χ3v) is 3.81. The van der Waals surface area contributed by atoms with Crippen molar-refractivity contribution in [2.75, 3.05) is 13.1 Å². The van der Waals surface area contributed by atoms with E-state index in [4.69, 9.17) is 0 Å². The molecular formula is C14H18N2O. The van der Waals surface area contributed by atoms with E-state index in [0.29, 0.717) is 6.04 Å². The lowest BCUT2D eigenvalue weighted by Crippen LogP contribution is -2.48. The number of nitrogens with one attached hydrogen (secondary N) is 2. The van der Waals surface area contributed by atoms with Gasteiger partial charge in [-0.2, -0.15) is 0 Å². The summed E-state index contributed by atoms with van der Waals surface area (Å²) in [5, 5.41) is 6.48. The SMILES string of the molecule is O=C(NC1CCCNC1)C1Cc2ccccc21. The molecule has 1 heterocycles. The van der Waals surface area contributed by atoms with E-state index >= 15 is 0 Å². The molecule has 1 saturated heterocycles. The summed E-state index contributed by atoms with van der Waals surface area (Å²) in [7, 11) is 0. The van der Waals surface area contributed by atoms with Gasteiger partial charge in [0.25, 0.3) is 0 Å². The van der Waals surface area contributed by atoms with E-state index in [-0.39, 0.29) is 11.8 Å². The highest BCUT2D eigenvalue weighted by Gasteiger charge is 2.32. The molecule has 2 aliphatic rings. The Kier molecular flexibility index (Phi) is 2.85. The van der Waals surface area contributed by atoms with Gasteiger partial charge in [0, 0.05) is 12.6 Å². The fraction of sp³-hybridized carbons (Fsp3) is 0.500. The second kappa shape index (κ2) is 4.49. The molecule has 1 aromatic rings. The van der Waals surface area contributed by atoms with Crippen LogP contribution in [0, 0.1) is 0 Å². The summed E-state index contributed by atoms with van der Waals surface area (Å²) in [6, 6.07) is 8.56. The number of hydrogen-bond donors (Lipinski definition) is 2. The fourth-order valence-corrected chi connectivity index (χ4v) is 2.77. The monoisotopic (exact) mass is 230 g/mol. The summed E-state index contributed by atoms with van der Waals surface area (Å²) in [6.45, 7) is 2.00. The Bertz CT molecular complexity index is 424. The predicted molar refractivity (Wildman–Crippen MR) is 66.9 cm³/mol. The van der Waals surface area contributed by atoms with Crippen molar-refractivity contribution in [1.29, 1.82) is 0 Å². The van der Waals surface area contributed by atoms with Crippen LogP contribution < -0.4 is 10.6 Å². The van der Waals surface area contributed by atoms with Gasteiger partial charge in [-0.15, -0.1) is 0 Å². The lowest BCUT2D eigenvalue weighted by Gasteiger charge is -2.32. The average Bonchev–Trinajstić information content (AvgIpc) is 2.32. The topological polar surface area (TPSA) is 41.1 Å². The minimum Gasteiger partial charge on any atom is -0.352 e. The van der Waals surface area contributed by atoms with Crippen LogP contribution in [0.3, 0.4) is 0 Å². The van der Waals surface area contributed by atoms with Crippen molar-refractivity contribution in [2.24, 2.45) is 0 Å². The number of carbonyl (C=O) groups excluding carboxylic acids is 1. The van der Waals surface area contributed by atoms with Gasteiger partial charge in [-0.1, -0.05) is 24.3 Å². The number of benzene rings is 1. The Morgan fingerprint density at radius 3 is 3.00 bits per heavy atom. The minimum absolute atomic E-state index is 0.0909. The highest BCUT2D eigenvalue weighted by molar-refractivity contribution is 5.87. The molecular weight excluding hydrogens is 212 g/mol. The molecule has 0 aromatic heterocycles. The number of piperidine rings is 1. The highest BCUT2D eigenvalue weighted by Crippen LogP contribution is 2.34. The molecule has 1 aliphatic heterocycles. The van der Waals surface area contributed by atoms with Crippen molar-refractivity contribution in [2.45, 2.75) is 31.2 Å². The first kappa shape index (κ1) is 10.8. The first-order valence-corrected chi connectivity index (χ1v) is 6.43. The van der Waals surface area contributed by atoms with Crippen molar-refractivity contribution in [3.63, 3.8) is 0 Å². The Balaban J connectivity index is 1.61. The van der Waals surface area contributed by atoms with E-state index in [2.05, 4.69) is 22.8 Å². The van der Waals surface area contributed by atoms with Crippen LogP contribution >= 0.6 is 0 Å². The quantitative estimate of drug-likeness (QED) is 0.801. The van der Waals surface area contributed by atoms with Gasteiger partial charge >= 0.3 is 0 Å². The zero-order valence-electron chi connectivity index (χ0n) is 9.91. The van der Waals surface area contributed by atoms with Crippen molar-refractivity contribution in [1.82, 2.24) is 10.6 Å². The summed E-state index contributed by atoms with van der Waals surface area (Å²) in [5.41, 5.74) is 2.54. The Hall–Kier alpha value is -1.35. The second-order valence-electron chi connectivity index (χ2n) is 5.01. The number of amides is 1. The van der Waals surface area contributed by atoms with Gasteiger partial charge in [-0.05, 0) is 36.9 Å². The first-order valence-electron chi connectivity index (χ1n) is 6.43. The van der Waals surface area contributed by atoms with Crippen LogP contribution in [0.1, 0.15) is 29.9 Å². The lowest BCUT2D eigenvalue weighted by molar-refractivity contribution is -0.123. The summed E-state index contributed by atoms with van der Waals surface area (Å²) in [6.07, 6.45) is 3.17. The summed E-state index contributed by atoms with van der Waals surface area (Å²) < 4.78 is 0. The molecule has 17 heavy (non-hydrogen) atoms. The molecule has 0 saturated carbocycles. The molecule has 0 spiro atoms. The maximum Gasteiger partial charge on any atom is 0.228 e. The molecule has 3 heteroatoms. The van der Waals surface area contributed by atoms with E-state index in [1.165, 1.54) is 11.1 Å². The van der Waals surface area contributed by atoms with Gasteiger partial charge in [0.15, 0.2) is 0 Å². The summed E-state index contributed by atoms with van der Waals surface area (Å²) in [4.78, 5) is 12.1. The molecule has 3 rings (SSSR count). The second-order valence-corrected chi connectivity index (χ2v) is 5.01. The summed E-state index contributed by atoms with van der Waals surface area (Å²) in [5.74, 6) is 0.297. The van der Waals surface area contributed by atoms with E-state index in [9.17, 15) is 4.79 Å². The zero-order valence-corrected chi connectivity index (χ0v) is 9.91. The normalized spacial score (nSPS) is 26.8. The maximum atomic E-state index is 12.1. The van der Waals surface area contributed by atoms with Crippen LogP contribution in [0.5, 0.6) is 0 Å². The van der Waals surface area contributed by atoms with Gasteiger partial charge in [-0.3, -0.25) is 4.79 Å². The molecule has 0 radical (unpaired) electrons. The van der Waals surface area contributed by atoms with Crippen molar-refractivity contribution < 1.29 is 4.79 Å². The molecule has 2 N–H and O–H groups in total. The molecule has 90 valence electrons. The van der Waals surface area contributed by atoms with Crippen LogP contribution in [-0.2, 0) is 11.2 Å². The fourth-order valence-electron chi connectivity index (χ4n) is 2.77. The van der Waals surface area contributed by atoms with E-state index in [0.717, 1.165) is 32.4 Å².